The van der Waals surface area contributed by atoms with Gasteiger partial charge in [0, 0.05) is 29.3 Å². The van der Waals surface area contributed by atoms with Gasteiger partial charge < -0.3 is 4.57 Å². The van der Waals surface area contributed by atoms with Crippen LogP contribution in [0.3, 0.4) is 0 Å². The van der Waals surface area contributed by atoms with Crippen molar-refractivity contribution >= 4 is 15.9 Å². The fourth-order valence-corrected chi connectivity index (χ4v) is 1.91. The average Bonchev–Trinajstić information content (AvgIpc) is 2.32. The number of hydrogen-bond donors (Lipinski definition) is 0. The Labute approximate surface area is 110 Å². The lowest BCUT2D eigenvalue weighted by molar-refractivity contribution is 0.577. The van der Waals surface area contributed by atoms with Crippen molar-refractivity contribution in [1.29, 1.82) is 0 Å². The molecule has 94 valence electrons. The molecule has 6 heteroatoms. The van der Waals surface area contributed by atoms with E-state index < -0.39 is 17.1 Å². The van der Waals surface area contributed by atoms with Crippen LogP contribution in [0.5, 0.6) is 0 Å². The van der Waals surface area contributed by atoms with Crippen LogP contribution in [0.4, 0.5) is 4.39 Å². The lowest BCUT2D eigenvalue weighted by atomic mass is 10.2. The Bertz CT molecular complexity index is 706. The highest BCUT2D eigenvalue weighted by molar-refractivity contribution is 9.10. The topological polar surface area (TPSA) is 44.0 Å². The Balaban J connectivity index is 2.50. The van der Waals surface area contributed by atoms with E-state index in [1.54, 1.807) is 6.07 Å². The van der Waals surface area contributed by atoms with Gasteiger partial charge in [0.2, 0.25) is 0 Å². The first-order valence-corrected chi connectivity index (χ1v) is 5.99. The number of nitrogens with zero attached hydrogens (tertiary/aromatic N) is 2. The molecule has 0 spiro atoms. The molecule has 0 saturated heterocycles. The Morgan fingerprint density at radius 3 is 2.67 bits per heavy atom. The Hall–Kier alpha value is -1.69. The third kappa shape index (κ3) is 2.43. The highest BCUT2D eigenvalue weighted by Crippen LogP contribution is 2.15. The number of halogens is 2. The molecule has 4 nitrogen and oxygen atoms in total. The monoisotopic (exact) mass is 312 g/mol. The number of benzene rings is 1. The first-order chi connectivity index (χ1) is 8.49. The van der Waals surface area contributed by atoms with Gasteiger partial charge in [-0.25, -0.2) is 9.18 Å². The van der Waals surface area contributed by atoms with Crippen LogP contribution in [0, 0.1) is 5.82 Å². The SMILES string of the molecule is Cn1ccc(=O)n(Cc2ccc(Br)cc2F)c1=O. The summed E-state index contributed by atoms with van der Waals surface area (Å²) < 4.78 is 16.5. The summed E-state index contributed by atoms with van der Waals surface area (Å²) >= 11 is 3.15. The van der Waals surface area contributed by atoms with Gasteiger partial charge in [0.1, 0.15) is 5.82 Å². The first kappa shape index (κ1) is 12.8. The number of hydrogen-bond acceptors (Lipinski definition) is 2. The van der Waals surface area contributed by atoms with Crippen molar-refractivity contribution in [3.8, 4) is 0 Å². The van der Waals surface area contributed by atoms with Crippen molar-refractivity contribution in [2.24, 2.45) is 7.05 Å². The minimum Gasteiger partial charge on any atom is -0.303 e. The van der Waals surface area contributed by atoms with Crippen LogP contribution in [0.25, 0.3) is 0 Å². The Kier molecular flexibility index (Phi) is 3.47. The van der Waals surface area contributed by atoms with Gasteiger partial charge in [0.25, 0.3) is 5.56 Å². The maximum Gasteiger partial charge on any atom is 0.331 e. The van der Waals surface area contributed by atoms with Crippen LogP contribution in [0.15, 0.2) is 44.5 Å². The summed E-state index contributed by atoms with van der Waals surface area (Å²) in [7, 11) is 1.54. The van der Waals surface area contributed by atoms with E-state index in [0.717, 1.165) is 4.57 Å². The van der Waals surface area contributed by atoms with Crippen LogP contribution in [-0.2, 0) is 13.6 Å². The van der Waals surface area contributed by atoms with Crippen molar-refractivity contribution in [3.05, 3.63) is 67.2 Å². The minimum atomic E-state index is -0.468. The van der Waals surface area contributed by atoms with E-state index in [0.29, 0.717) is 10.0 Å². The highest BCUT2D eigenvalue weighted by atomic mass is 79.9. The Morgan fingerprint density at radius 1 is 1.28 bits per heavy atom. The van der Waals surface area contributed by atoms with Crippen molar-refractivity contribution in [3.63, 3.8) is 0 Å². The van der Waals surface area contributed by atoms with E-state index >= 15 is 0 Å². The van der Waals surface area contributed by atoms with Gasteiger partial charge in [-0.3, -0.25) is 9.36 Å². The normalized spacial score (nSPS) is 10.6. The molecule has 0 atom stereocenters. The smallest absolute Gasteiger partial charge is 0.303 e. The zero-order valence-corrected chi connectivity index (χ0v) is 11.1. The molecule has 0 saturated carbocycles. The van der Waals surface area contributed by atoms with Gasteiger partial charge >= 0.3 is 5.69 Å². The summed E-state index contributed by atoms with van der Waals surface area (Å²) in [5.74, 6) is -0.456. The molecule has 0 aliphatic carbocycles. The fourth-order valence-electron chi connectivity index (χ4n) is 1.58. The van der Waals surface area contributed by atoms with Gasteiger partial charge in [-0.15, -0.1) is 0 Å². The van der Waals surface area contributed by atoms with Gasteiger partial charge in [-0.05, 0) is 12.1 Å². The van der Waals surface area contributed by atoms with Crippen LogP contribution < -0.4 is 11.2 Å². The largest absolute Gasteiger partial charge is 0.331 e. The van der Waals surface area contributed by atoms with Crippen molar-refractivity contribution in [2.75, 3.05) is 0 Å². The molecule has 0 unspecified atom stereocenters. The average molecular weight is 313 g/mol. The molecule has 0 fully saturated rings. The molecule has 0 bridgehead atoms. The molecule has 1 heterocycles. The van der Waals surface area contributed by atoms with E-state index in [-0.39, 0.29) is 6.54 Å². The van der Waals surface area contributed by atoms with Gasteiger partial charge in [0.05, 0.1) is 6.54 Å². The van der Waals surface area contributed by atoms with Crippen molar-refractivity contribution < 1.29 is 4.39 Å². The van der Waals surface area contributed by atoms with Gasteiger partial charge in [-0.1, -0.05) is 22.0 Å². The summed E-state index contributed by atoms with van der Waals surface area (Å²) in [6, 6.07) is 5.78. The lowest BCUT2D eigenvalue weighted by Crippen LogP contribution is -2.38. The summed E-state index contributed by atoms with van der Waals surface area (Å²) in [6.45, 7) is -0.0779. The second-order valence-electron chi connectivity index (χ2n) is 3.87. The zero-order chi connectivity index (χ0) is 13.3. The van der Waals surface area contributed by atoms with Gasteiger partial charge in [-0.2, -0.15) is 0 Å². The third-order valence-corrected chi connectivity index (χ3v) is 3.08. The summed E-state index contributed by atoms with van der Waals surface area (Å²) in [5, 5.41) is 0. The molecular weight excluding hydrogens is 303 g/mol. The first-order valence-electron chi connectivity index (χ1n) is 5.19. The van der Waals surface area contributed by atoms with E-state index in [4.69, 9.17) is 0 Å². The van der Waals surface area contributed by atoms with Gasteiger partial charge in [0.15, 0.2) is 0 Å². The van der Waals surface area contributed by atoms with Crippen LogP contribution in [0.1, 0.15) is 5.56 Å². The maximum atomic E-state index is 13.6. The molecule has 0 radical (unpaired) electrons. The van der Waals surface area contributed by atoms with Crippen LogP contribution >= 0.6 is 15.9 Å². The maximum absolute atomic E-state index is 13.6. The zero-order valence-electron chi connectivity index (χ0n) is 9.56. The molecule has 0 amide bonds. The molecule has 0 aliphatic heterocycles. The molecule has 18 heavy (non-hydrogen) atoms. The summed E-state index contributed by atoms with van der Waals surface area (Å²) in [4.78, 5) is 23.4. The molecular formula is C12H10BrFN2O2. The molecule has 2 aromatic rings. The van der Waals surface area contributed by atoms with Crippen LogP contribution in [-0.4, -0.2) is 9.13 Å². The van der Waals surface area contributed by atoms with E-state index in [9.17, 15) is 14.0 Å². The summed E-state index contributed by atoms with van der Waals surface area (Å²) in [6.07, 6.45) is 1.39. The second-order valence-corrected chi connectivity index (χ2v) is 4.79. The Morgan fingerprint density at radius 2 is 2.00 bits per heavy atom. The molecule has 0 N–H and O–H groups in total. The van der Waals surface area contributed by atoms with E-state index in [1.165, 1.54) is 36.0 Å². The third-order valence-electron chi connectivity index (χ3n) is 2.58. The highest BCUT2D eigenvalue weighted by Gasteiger charge is 2.08. The van der Waals surface area contributed by atoms with Crippen LogP contribution in [0.2, 0.25) is 0 Å². The minimum absolute atomic E-state index is 0.0779. The lowest BCUT2D eigenvalue weighted by Gasteiger charge is -2.07. The van der Waals surface area contributed by atoms with E-state index in [2.05, 4.69) is 15.9 Å². The molecule has 0 aliphatic rings. The molecule has 2 rings (SSSR count). The number of aryl methyl sites for hydroxylation is 1. The number of rotatable bonds is 2. The predicted molar refractivity (Wildman–Crippen MR) is 69.1 cm³/mol. The molecule has 1 aromatic carbocycles. The standard InChI is InChI=1S/C12H10BrFN2O2/c1-15-5-4-11(17)16(12(15)18)7-8-2-3-9(13)6-10(8)14/h2-6H,7H2,1H3. The second kappa shape index (κ2) is 4.89. The van der Waals surface area contributed by atoms with E-state index in [1.807, 2.05) is 0 Å². The quantitative estimate of drug-likeness (QED) is 0.843. The van der Waals surface area contributed by atoms with Crippen molar-refractivity contribution in [1.82, 2.24) is 9.13 Å². The summed E-state index contributed by atoms with van der Waals surface area (Å²) in [5.41, 5.74) is -0.617. The van der Waals surface area contributed by atoms with Crippen molar-refractivity contribution in [2.45, 2.75) is 6.54 Å². The molecule has 1 aromatic heterocycles. The predicted octanol–water partition coefficient (Wildman–Crippen LogP) is 1.50. The fraction of sp³-hybridized carbons (Fsp3) is 0.167. The number of aromatic nitrogens is 2.